The Bertz CT molecular complexity index is 885. The molecule has 4 N–H and O–H groups in total. The molecule has 160 valence electrons. The van der Waals surface area contributed by atoms with Gasteiger partial charge >= 0.3 is 6.09 Å². The van der Waals surface area contributed by atoms with Gasteiger partial charge in [-0.05, 0) is 18.2 Å². The van der Waals surface area contributed by atoms with Crippen LogP contribution in [0.1, 0.15) is 11.3 Å². The van der Waals surface area contributed by atoms with Gasteiger partial charge in [0.15, 0.2) is 11.8 Å². The number of carbonyl (C=O) groups is 1. The molecule has 0 spiro atoms. The summed E-state index contributed by atoms with van der Waals surface area (Å²) in [5.41, 5.74) is 7.68. The van der Waals surface area contributed by atoms with E-state index in [1.54, 1.807) is 25.3 Å². The van der Waals surface area contributed by atoms with Crippen LogP contribution >= 0.6 is 0 Å². The molecule has 1 aliphatic rings. The third kappa shape index (κ3) is 5.35. The summed E-state index contributed by atoms with van der Waals surface area (Å²) < 4.78 is 24.9. The summed E-state index contributed by atoms with van der Waals surface area (Å²) in [6.45, 7) is 2.97. The van der Waals surface area contributed by atoms with Crippen LogP contribution in [-0.2, 0) is 22.7 Å². The Morgan fingerprint density at radius 3 is 2.57 bits per heavy atom. The number of piperazine rings is 1. The summed E-state index contributed by atoms with van der Waals surface area (Å²) in [7, 11) is 1.63. The minimum absolute atomic E-state index is 0.252. The first-order chi connectivity index (χ1) is 14.5. The zero-order valence-electron chi connectivity index (χ0n) is 16.7. The number of pyridine rings is 1. The molecule has 1 fully saturated rings. The third-order valence-electron chi connectivity index (χ3n) is 4.74. The van der Waals surface area contributed by atoms with Crippen LogP contribution < -0.4 is 20.9 Å². The molecule has 2 heterocycles. The van der Waals surface area contributed by atoms with Crippen LogP contribution in [0.3, 0.4) is 0 Å². The van der Waals surface area contributed by atoms with E-state index in [1.165, 1.54) is 0 Å². The Balaban J connectivity index is 1.60. The maximum atomic E-state index is 15.0. The van der Waals surface area contributed by atoms with Crippen LogP contribution in [0.4, 0.5) is 20.6 Å². The average molecular weight is 416 g/mol. The number of halogens is 1. The van der Waals surface area contributed by atoms with Crippen LogP contribution in [0.5, 0.6) is 0 Å². The number of nitrogens with one attached hydrogen (secondary N) is 2. The molecular weight excluding hydrogens is 391 g/mol. The summed E-state index contributed by atoms with van der Waals surface area (Å²) in [6.07, 6.45) is 0.931. The number of rotatable bonds is 6. The topological polar surface area (TPSA) is 117 Å². The first-order valence-electron chi connectivity index (χ1n) is 9.47. The van der Waals surface area contributed by atoms with Gasteiger partial charge in [-0.25, -0.2) is 9.18 Å². The highest BCUT2D eigenvalue weighted by atomic mass is 19.1. The van der Waals surface area contributed by atoms with Crippen molar-refractivity contribution in [3.63, 3.8) is 0 Å². The minimum Gasteiger partial charge on any atom is -0.444 e. The molecule has 9 nitrogen and oxygen atoms in total. The second-order valence-electron chi connectivity index (χ2n) is 6.78. The molecule has 1 aromatic carbocycles. The molecular formula is C20H25FN6O3. The van der Waals surface area contributed by atoms with Gasteiger partial charge in [-0.1, -0.05) is 12.1 Å². The number of nitrogens with two attached hydrogens (primary N) is 1. The summed E-state index contributed by atoms with van der Waals surface area (Å²) in [6, 6.07) is 8.96. The molecule has 1 aromatic heterocycles. The fourth-order valence-corrected chi connectivity index (χ4v) is 3.25. The van der Waals surface area contributed by atoms with Crippen molar-refractivity contribution in [2.75, 3.05) is 43.1 Å². The number of carbonyl (C=O) groups excluding carboxylic acids is 1. The van der Waals surface area contributed by atoms with Crippen LogP contribution in [0.15, 0.2) is 36.5 Å². The van der Waals surface area contributed by atoms with Crippen molar-refractivity contribution in [2.45, 2.75) is 13.2 Å². The number of guanidine groups is 1. The predicted octanol–water partition coefficient (Wildman–Crippen LogP) is 1.81. The Morgan fingerprint density at radius 2 is 1.93 bits per heavy atom. The van der Waals surface area contributed by atoms with Crippen LogP contribution in [0.2, 0.25) is 0 Å². The fraction of sp³-hybridized carbons (Fsp3) is 0.350. The van der Waals surface area contributed by atoms with E-state index in [2.05, 4.69) is 9.88 Å². The summed E-state index contributed by atoms with van der Waals surface area (Å²) >= 11 is 0. The molecule has 1 amide bonds. The van der Waals surface area contributed by atoms with Crippen molar-refractivity contribution in [2.24, 2.45) is 5.73 Å². The lowest BCUT2D eigenvalue weighted by atomic mass is 10.1. The highest BCUT2D eigenvalue weighted by Crippen LogP contribution is 2.25. The minimum atomic E-state index is -0.897. The molecule has 30 heavy (non-hydrogen) atoms. The number of ether oxygens (including phenoxy) is 2. The monoisotopic (exact) mass is 416 g/mol. The Hall–Kier alpha value is -3.40. The second-order valence-corrected chi connectivity index (χ2v) is 6.78. The molecule has 1 aliphatic heterocycles. The number of hydrogen-bond donors (Lipinski definition) is 3. The Kier molecular flexibility index (Phi) is 7.02. The van der Waals surface area contributed by atoms with Gasteiger partial charge in [0, 0.05) is 38.9 Å². The smallest absolute Gasteiger partial charge is 0.414 e. The number of anilines is 2. The van der Waals surface area contributed by atoms with Crippen LogP contribution in [-0.4, -0.2) is 50.3 Å². The van der Waals surface area contributed by atoms with E-state index < -0.39 is 17.9 Å². The largest absolute Gasteiger partial charge is 0.444 e. The molecule has 0 aliphatic carbocycles. The lowest BCUT2D eigenvalue weighted by Crippen LogP contribution is -2.47. The number of benzene rings is 1. The van der Waals surface area contributed by atoms with E-state index >= 15 is 0 Å². The first kappa shape index (κ1) is 21.3. The molecule has 0 saturated carbocycles. The van der Waals surface area contributed by atoms with Gasteiger partial charge in [-0.2, -0.15) is 0 Å². The number of aromatic nitrogens is 1. The van der Waals surface area contributed by atoms with Gasteiger partial charge in [-0.3, -0.25) is 15.7 Å². The standard InChI is InChI=1S/C20H25FN6O3/c1-29-13-15-5-6-16(11-24-15)26-7-9-27(10-8-26)17-4-2-3-14(18(17)21)12-30-20(28)25-19(22)23/h2-6,11H,7-10,12-13H2,1H3,(H4,22,23,25,28). The maximum Gasteiger partial charge on any atom is 0.414 e. The van der Waals surface area contributed by atoms with Crippen molar-refractivity contribution < 1.29 is 18.7 Å². The maximum absolute atomic E-state index is 15.0. The number of methoxy groups -OCH3 is 1. The zero-order chi connectivity index (χ0) is 21.5. The molecule has 0 bridgehead atoms. The SMILES string of the molecule is COCc1ccc(N2CCN(c3cccc(COC(=O)NC(=N)N)c3F)CC2)cn1. The van der Waals surface area contributed by atoms with Crippen molar-refractivity contribution in [1.29, 1.82) is 5.41 Å². The van der Waals surface area contributed by atoms with E-state index in [4.69, 9.17) is 20.6 Å². The first-order valence-corrected chi connectivity index (χ1v) is 9.47. The van der Waals surface area contributed by atoms with Crippen molar-refractivity contribution >= 4 is 23.4 Å². The molecule has 0 unspecified atom stereocenters. The summed E-state index contributed by atoms with van der Waals surface area (Å²) in [5.74, 6) is -0.956. The lowest BCUT2D eigenvalue weighted by molar-refractivity contribution is 0.143. The molecule has 1 saturated heterocycles. The van der Waals surface area contributed by atoms with Crippen LogP contribution in [0.25, 0.3) is 0 Å². The van der Waals surface area contributed by atoms with Gasteiger partial charge < -0.3 is 25.0 Å². The quantitative estimate of drug-likeness (QED) is 0.486. The van der Waals surface area contributed by atoms with Gasteiger partial charge in [0.25, 0.3) is 0 Å². The number of amides is 1. The molecule has 10 heteroatoms. The zero-order valence-corrected chi connectivity index (χ0v) is 16.7. The molecule has 2 aromatic rings. The highest BCUT2D eigenvalue weighted by Gasteiger charge is 2.21. The van der Waals surface area contributed by atoms with Crippen molar-refractivity contribution in [3.05, 3.63) is 53.6 Å². The van der Waals surface area contributed by atoms with Gasteiger partial charge in [0.2, 0.25) is 0 Å². The average Bonchev–Trinajstić information content (AvgIpc) is 2.73. The molecule has 0 atom stereocenters. The van der Waals surface area contributed by atoms with E-state index in [0.717, 1.165) is 24.5 Å². The third-order valence-corrected chi connectivity index (χ3v) is 4.74. The Labute approximate surface area is 174 Å². The van der Waals surface area contributed by atoms with Crippen molar-refractivity contribution in [3.8, 4) is 0 Å². The fourth-order valence-electron chi connectivity index (χ4n) is 3.25. The summed E-state index contributed by atoms with van der Waals surface area (Å²) in [5, 5.41) is 8.99. The van der Waals surface area contributed by atoms with Gasteiger partial charge in [0.05, 0.1) is 29.9 Å². The highest BCUT2D eigenvalue weighted by molar-refractivity contribution is 5.90. The number of hydrogen-bond acceptors (Lipinski definition) is 7. The molecule has 3 rings (SSSR count). The van der Waals surface area contributed by atoms with E-state index in [9.17, 15) is 9.18 Å². The lowest BCUT2D eigenvalue weighted by Gasteiger charge is -2.37. The van der Waals surface area contributed by atoms with E-state index in [-0.39, 0.29) is 12.2 Å². The van der Waals surface area contributed by atoms with Crippen LogP contribution in [0, 0.1) is 11.2 Å². The number of alkyl carbamates (subject to hydrolysis) is 1. The Morgan fingerprint density at radius 1 is 1.20 bits per heavy atom. The van der Waals surface area contributed by atoms with E-state index in [0.29, 0.717) is 25.4 Å². The van der Waals surface area contributed by atoms with Crippen molar-refractivity contribution in [1.82, 2.24) is 10.3 Å². The number of nitrogens with zero attached hydrogens (tertiary/aromatic N) is 3. The van der Waals surface area contributed by atoms with Gasteiger partial charge in [0.1, 0.15) is 6.61 Å². The molecule has 0 radical (unpaired) electrons. The summed E-state index contributed by atoms with van der Waals surface area (Å²) in [4.78, 5) is 20.0. The normalized spacial score (nSPS) is 13.8. The second kappa shape index (κ2) is 9.88. The van der Waals surface area contributed by atoms with Gasteiger partial charge in [-0.15, -0.1) is 0 Å². The predicted molar refractivity (Wildman–Crippen MR) is 111 cm³/mol. The van der Waals surface area contributed by atoms with E-state index in [1.807, 2.05) is 28.5 Å².